The van der Waals surface area contributed by atoms with Gasteiger partial charge in [0.05, 0.1) is 12.4 Å². The molecule has 1 rings (SSSR count). The third kappa shape index (κ3) is 5.47. The molecule has 0 bridgehead atoms. The van der Waals surface area contributed by atoms with Crippen molar-refractivity contribution in [3.63, 3.8) is 0 Å². The van der Waals surface area contributed by atoms with Crippen LogP contribution in [0.4, 0.5) is 0 Å². The second kappa shape index (κ2) is 7.98. The highest BCUT2D eigenvalue weighted by Crippen LogP contribution is 2.24. The molecule has 1 N–H and O–H groups in total. The Kier molecular flexibility index (Phi) is 6.93. The second-order valence-electron chi connectivity index (χ2n) is 4.47. The highest BCUT2D eigenvalue weighted by molar-refractivity contribution is 7.92. The fraction of sp³-hybridized carbons (Fsp3) is 0.462. The summed E-state index contributed by atoms with van der Waals surface area (Å²) in [5.74, 6) is -0.876. The molecule has 1 aromatic rings. The molecule has 1 atom stereocenters. The van der Waals surface area contributed by atoms with E-state index in [1.54, 1.807) is 6.07 Å². The van der Waals surface area contributed by atoms with Gasteiger partial charge >= 0.3 is 0 Å². The van der Waals surface area contributed by atoms with E-state index in [1.807, 2.05) is 0 Å². The van der Waals surface area contributed by atoms with Crippen LogP contribution in [-0.2, 0) is 25.1 Å². The smallest absolute Gasteiger partial charge is 0.238 e. The minimum atomic E-state index is -3.67. The summed E-state index contributed by atoms with van der Waals surface area (Å²) in [6.07, 6.45) is 0. The summed E-state index contributed by atoms with van der Waals surface area (Å²) in [5, 5.41) is 2.02. The van der Waals surface area contributed by atoms with Crippen LogP contribution >= 0.6 is 23.2 Å². The van der Waals surface area contributed by atoms with Gasteiger partial charge in [-0.1, -0.05) is 29.3 Å². The van der Waals surface area contributed by atoms with Gasteiger partial charge < -0.3 is 10.1 Å². The first-order valence-corrected chi connectivity index (χ1v) is 8.67. The zero-order valence-electron chi connectivity index (χ0n) is 11.7. The number of rotatable bonds is 7. The van der Waals surface area contributed by atoms with Gasteiger partial charge in [-0.25, -0.2) is 8.42 Å². The molecule has 0 aliphatic carbocycles. The molecular formula is C13H17Cl2NO4S. The van der Waals surface area contributed by atoms with Crippen LogP contribution in [0.5, 0.6) is 0 Å². The van der Waals surface area contributed by atoms with Gasteiger partial charge in [0.1, 0.15) is 5.25 Å². The largest absolute Gasteiger partial charge is 0.383 e. The topological polar surface area (TPSA) is 72.5 Å². The molecule has 0 saturated carbocycles. The summed E-state index contributed by atoms with van der Waals surface area (Å²) >= 11 is 11.7. The van der Waals surface area contributed by atoms with Crippen molar-refractivity contribution in [1.82, 2.24) is 5.32 Å². The van der Waals surface area contributed by atoms with Crippen molar-refractivity contribution in [2.75, 3.05) is 20.3 Å². The Bertz CT molecular complexity index is 604. The molecule has 118 valence electrons. The number of sulfone groups is 1. The van der Waals surface area contributed by atoms with Crippen molar-refractivity contribution in [3.8, 4) is 0 Å². The third-order valence-corrected chi connectivity index (χ3v) is 5.48. The molecule has 0 spiro atoms. The monoisotopic (exact) mass is 353 g/mol. The van der Waals surface area contributed by atoms with Crippen molar-refractivity contribution in [3.05, 3.63) is 33.8 Å². The summed E-state index contributed by atoms with van der Waals surface area (Å²) in [5.41, 5.74) is 0.414. The lowest BCUT2D eigenvalue weighted by Gasteiger charge is -2.14. The van der Waals surface area contributed by atoms with Crippen LogP contribution in [0.25, 0.3) is 0 Å². The summed E-state index contributed by atoms with van der Waals surface area (Å²) in [6.45, 7) is 1.93. The van der Waals surface area contributed by atoms with Crippen molar-refractivity contribution in [1.29, 1.82) is 0 Å². The lowest BCUT2D eigenvalue weighted by Crippen LogP contribution is -2.39. The van der Waals surface area contributed by atoms with Gasteiger partial charge in [-0.3, -0.25) is 4.79 Å². The molecule has 5 nitrogen and oxygen atoms in total. The summed E-state index contributed by atoms with van der Waals surface area (Å²) in [6, 6.07) is 4.57. The molecule has 0 saturated heterocycles. The number of amides is 1. The van der Waals surface area contributed by atoms with Crippen LogP contribution in [0, 0.1) is 0 Å². The molecule has 0 radical (unpaired) electrons. The first-order valence-electron chi connectivity index (χ1n) is 6.20. The summed E-state index contributed by atoms with van der Waals surface area (Å²) in [4.78, 5) is 11.8. The lowest BCUT2D eigenvalue weighted by atomic mass is 10.2. The van der Waals surface area contributed by atoms with E-state index >= 15 is 0 Å². The average Bonchev–Trinajstić information content (AvgIpc) is 2.41. The third-order valence-electron chi connectivity index (χ3n) is 2.89. The number of hydrogen-bond donors (Lipinski definition) is 1. The summed E-state index contributed by atoms with van der Waals surface area (Å²) < 4.78 is 29.2. The number of carbonyl (C=O) groups is 1. The molecule has 0 heterocycles. The van der Waals surface area contributed by atoms with E-state index in [4.69, 9.17) is 27.9 Å². The number of hydrogen-bond acceptors (Lipinski definition) is 4. The Labute approximate surface area is 134 Å². The highest BCUT2D eigenvalue weighted by Gasteiger charge is 2.28. The van der Waals surface area contributed by atoms with Gasteiger partial charge in [-0.2, -0.15) is 0 Å². The van der Waals surface area contributed by atoms with Gasteiger partial charge in [0.25, 0.3) is 0 Å². The fourth-order valence-electron chi connectivity index (χ4n) is 1.56. The molecule has 0 aliphatic rings. The maximum atomic E-state index is 12.2. The van der Waals surface area contributed by atoms with E-state index in [1.165, 1.54) is 26.2 Å². The predicted molar refractivity (Wildman–Crippen MR) is 83.4 cm³/mol. The Balaban J connectivity index is 2.78. The van der Waals surface area contributed by atoms with E-state index in [-0.39, 0.29) is 17.3 Å². The van der Waals surface area contributed by atoms with Crippen LogP contribution in [-0.4, -0.2) is 39.8 Å². The van der Waals surface area contributed by atoms with E-state index in [0.717, 1.165) is 0 Å². The Morgan fingerprint density at radius 1 is 1.38 bits per heavy atom. The molecule has 1 aromatic carbocycles. The molecule has 1 amide bonds. The number of ether oxygens (including phenoxy) is 1. The van der Waals surface area contributed by atoms with Gasteiger partial charge in [0, 0.05) is 23.7 Å². The number of halogens is 2. The van der Waals surface area contributed by atoms with Gasteiger partial charge in [-0.05, 0) is 24.6 Å². The number of nitrogens with one attached hydrogen (secondary N) is 1. The van der Waals surface area contributed by atoms with Crippen LogP contribution in [0.15, 0.2) is 18.2 Å². The molecule has 1 unspecified atom stereocenters. The number of carbonyl (C=O) groups excluding carboxylic acids is 1. The molecule has 21 heavy (non-hydrogen) atoms. The van der Waals surface area contributed by atoms with Gasteiger partial charge in [0.15, 0.2) is 9.84 Å². The number of methoxy groups -OCH3 is 1. The van der Waals surface area contributed by atoms with Crippen LogP contribution in [0.3, 0.4) is 0 Å². The first-order chi connectivity index (χ1) is 9.77. The second-order valence-corrected chi connectivity index (χ2v) is 7.63. The first kappa shape index (κ1) is 18.2. The van der Waals surface area contributed by atoms with Crippen molar-refractivity contribution >= 4 is 38.9 Å². The van der Waals surface area contributed by atoms with Crippen molar-refractivity contribution < 1.29 is 17.9 Å². The molecule has 0 fully saturated rings. The Morgan fingerprint density at radius 2 is 2.05 bits per heavy atom. The fourth-order valence-corrected chi connectivity index (χ4v) is 3.46. The Morgan fingerprint density at radius 3 is 2.62 bits per heavy atom. The minimum Gasteiger partial charge on any atom is -0.383 e. The van der Waals surface area contributed by atoms with Crippen molar-refractivity contribution in [2.45, 2.75) is 17.9 Å². The van der Waals surface area contributed by atoms with E-state index in [9.17, 15) is 13.2 Å². The van der Waals surface area contributed by atoms with E-state index in [2.05, 4.69) is 5.32 Å². The van der Waals surface area contributed by atoms with Gasteiger partial charge in [-0.15, -0.1) is 0 Å². The minimum absolute atomic E-state index is 0.261. The normalized spacial score (nSPS) is 13.0. The standard InChI is InChI=1S/C13H17Cl2NO4S/c1-9(13(17)16-5-6-20-2)21(18,19)8-10-3-4-11(14)7-12(10)15/h3-4,7,9H,5-6,8H2,1-2H3,(H,16,17). The van der Waals surface area contributed by atoms with E-state index < -0.39 is 21.0 Å². The van der Waals surface area contributed by atoms with Crippen LogP contribution < -0.4 is 5.32 Å². The maximum Gasteiger partial charge on any atom is 0.238 e. The predicted octanol–water partition coefficient (Wildman–Crippen LogP) is 2.06. The average molecular weight is 354 g/mol. The SMILES string of the molecule is COCCNC(=O)C(C)S(=O)(=O)Cc1ccc(Cl)cc1Cl. The molecule has 8 heteroatoms. The quantitative estimate of drug-likeness (QED) is 0.761. The Hall–Kier alpha value is -0.820. The van der Waals surface area contributed by atoms with Crippen molar-refractivity contribution in [2.24, 2.45) is 0 Å². The van der Waals surface area contributed by atoms with E-state index in [0.29, 0.717) is 17.2 Å². The highest BCUT2D eigenvalue weighted by atomic mass is 35.5. The van der Waals surface area contributed by atoms with Crippen LogP contribution in [0.2, 0.25) is 10.0 Å². The zero-order chi connectivity index (χ0) is 16.0. The van der Waals surface area contributed by atoms with Gasteiger partial charge in [0.2, 0.25) is 5.91 Å². The molecular weight excluding hydrogens is 337 g/mol. The number of benzene rings is 1. The zero-order valence-corrected chi connectivity index (χ0v) is 14.1. The van der Waals surface area contributed by atoms with Crippen LogP contribution in [0.1, 0.15) is 12.5 Å². The lowest BCUT2D eigenvalue weighted by molar-refractivity contribution is -0.120. The molecule has 0 aromatic heterocycles. The maximum absolute atomic E-state index is 12.2. The molecule has 0 aliphatic heterocycles. The summed E-state index contributed by atoms with van der Waals surface area (Å²) in [7, 11) is -2.17.